The Morgan fingerprint density at radius 3 is 2.57 bits per heavy atom. The minimum Gasteiger partial charge on any atom is -2.00 e. The normalized spacial score (nSPS) is 24.1. The molecule has 11 heteroatoms. The van der Waals surface area contributed by atoms with Crippen molar-refractivity contribution in [2.24, 2.45) is 10.9 Å². The van der Waals surface area contributed by atoms with Crippen LogP contribution in [0.25, 0.3) is 0 Å². The van der Waals surface area contributed by atoms with Crippen molar-refractivity contribution in [2.75, 3.05) is 51.3 Å². The number of hydrogen-bond donors (Lipinski definition) is 0. The SMILES string of the molecule is COC(=O)[C@H]1C(c2ccc(F)cc2)CC2CCC1N2CCCN(CC[S-])CC([O-])=NCC[S-].[O-2].[Re]. The molecule has 3 rings (SSSR count). The van der Waals surface area contributed by atoms with Crippen molar-refractivity contribution in [2.45, 2.75) is 43.7 Å². The smallest absolute Gasteiger partial charge is 0.310 e. The molecule has 3 unspecified atom stereocenters. The number of halogens is 1. The maximum Gasteiger partial charge on any atom is 0.310 e. The number of fused-ring (bicyclic) bond motifs is 2. The van der Waals surface area contributed by atoms with Gasteiger partial charge in [0, 0.05) is 51.5 Å². The minimum absolute atomic E-state index is 0. The van der Waals surface area contributed by atoms with Crippen LogP contribution in [0.3, 0.4) is 0 Å². The summed E-state index contributed by atoms with van der Waals surface area (Å²) < 4.78 is 18.7. The molecule has 1 radical (unpaired) electrons. The summed E-state index contributed by atoms with van der Waals surface area (Å²) in [5, 5.41) is 12.0. The zero-order valence-electron chi connectivity index (χ0n) is 19.9. The number of rotatable bonds is 12. The van der Waals surface area contributed by atoms with Crippen LogP contribution < -0.4 is 5.11 Å². The van der Waals surface area contributed by atoms with Crippen molar-refractivity contribution in [3.8, 4) is 0 Å². The molecule has 0 amide bonds. The molecule has 2 saturated heterocycles. The first-order valence-electron chi connectivity index (χ1n) is 11.7. The van der Waals surface area contributed by atoms with E-state index in [1.807, 2.05) is 0 Å². The Balaban J connectivity index is 0.00000306. The van der Waals surface area contributed by atoms with E-state index in [-0.39, 0.29) is 68.0 Å². The van der Waals surface area contributed by atoms with Gasteiger partial charge in [-0.3, -0.25) is 9.69 Å². The first kappa shape index (κ1) is 32.4. The van der Waals surface area contributed by atoms with Crippen molar-refractivity contribution >= 4 is 37.1 Å². The van der Waals surface area contributed by atoms with E-state index in [9.17, 15) is 14.3 Å². The summed E-state index contributed by atoms with van der Waals surface area (Å²) in [6, 6.07) is 7.03. The molecule has 2 bridgehead atoms. The number of aliphatic imine (C=N–C) groups is 1. The Kier molecular flexibility index (Phi) is 15.0. The van der Waals surface area contributed by atoms with Crippen LogP contribution in [-0.4, -0.2) is 85.1 Å². The van der Waals surface area contributed by atoms with Gasteiger partial charge in [0.1, 0.15) is 5.82 Å². The summed E-state index contributed by atoms with van der Waals surface area (Å²) in [7, 11) is 1.44. The van der Waals surface area contributed by atoms with Crippen LogP contribution in [-0.2, 0) is 60.7 Å². The van der Waals surface area contributed by atoms with Crippen molar-refractivity contribution < 1.29 is 44.9 Å². The zero-order valence-corrected chi connectivity index (χ0v) is 24.3. The largest absolute Gasteiger partial charge is 2.00 e. The van der Waals surface area contributed by atoms with Gasteiger partial charge < -0.3 is 50.5 Å². The van der Waals surface area contributed by atoms with E-state index in [1.54, 1.807) is 12.1 Å². The Morgan fingerprint density at radius 2 is 1.94 bits per heavy atom. The molecule has 2 fully saturated rings. The van der Waals surface area contributed by atoms with Gasteiger partial charge in [-0.15, -0.1) is 0 Å². The van der Waals surface area contributed by atoms with Crippen molar-refractivity contribution in [1.82, 2.24) is 9.80 Å². The van der Waals surface area contributed by atoms with Gasteiger partial charge in [0.2, 0.25) is 0 Å². The average molecular weight is 697 g/mol. The third-order valence-electron chi connectivity index (χ3n) is 6.87. The third kappa shape index (κ3) is 8.70. The van der Waals surface area contributed by atoms with Crippen LogP contribution in [0.15, 0.2) is 29.3 Å². The number of carbonyl (C=O) groups is 1. The van der Waals surface area contributed by atoms with Crippen LogP contribution in [0.2, 0.25) is 0 Å². The van der Waals surface area contributed by atoms with E-state index >= 15 is 0 Å². The first-order chi connectivity index (χ1) is 16.0. The summed E-state index contributed by atoms with van der Waals surface area (Å²) in [5.41, 5.74) is 1.00. The van der Waals surface area contributed by atoms with Crippen LogP contribution in [0.4, 0.5) is 4.39 Å². The topological polar surface area (TPSA) is 96.7 Å². The van der Waals surface area contributed by atoms with Crippen molar-refractivity contribution in [3.63, 3.8) is 0 Å². The number of carbonyl (C=O) groups excluding carboxylic acids is 1. The molecule has 199 valence electrons. The van der Waals surface area contributed by atoms with Crippen LogP contribution in [0, 0.1) is 11.7 Å². The summed E-state index contributed by atoms with van der Waals surface area (Å²) in [4.78, 5) is 21.3. The van der Waals surface area contributed by atoms with E-state index in [0.717, 1.165) is 44.3 Å². The molecule has 0 spiro atoms. The number of piperidine rings is 1. The molecule has 0 aromatic heterocycles. The van der Waals surface area contributed by atoms with E-state index in [2.05, 4.69) is 14.8 Å². The Morgan fingerprint density at radius 1 is 1.23 bits per heavy atom. The van der Waals surface area contributed by atoms with E-state index in [1.165, 1.54) is 19.2 Å². The summed E-state index contributed by atoms with van der Waals surface area (Å²) in [6.07, 6.45) is 3.74. The monoisotopic (exact) mass is 697 g/mol. The maximum absolute atomic E-state index is 13.5. The first-order valence-corrected chi connectivity index (χ1v) is 12.8. The quantitative estimate of drug-likeness (QED) is 0.141. The second-order valence-corrected chi connectivity index (χ2v) is 9.61. The molecule has 1 aromatic carbocycles. The number of esters is 1. The maximum atomic E-state index is 13.5. The Bertz CT molecular complexity index is 805. The van der Waals surface area contributed by atoms with Crippen LogP contribution >= 0.6 is 0 Å². The molecule has 7 nitrogen and oxygen atoms in total. The molecule has 0 saturated carbocycles. The molecule has 35 heavy (non-hydrogen) atoms. The van der Waals surface area contributed by atoms with Gasteiger partial charge in [0.05, 0.1) is 13.0 Å². The molecule has 2 aliphatic rings. The number of ether oxygens (including phenoxy) is 1. The number of nitrogens with zero attached hydrogens (tertiary/aromatic N) is 3. The van der Waals surface area contributed by atoms with Gasteiger partial charge >= 0.3 is 5.97 Å². The predicted octanol–water partition coefficient (Wildman–Crippen LogP) is 1.36. The standard InChI is InChI=1S/C24H36FN3O3S2.O.Re/c1-31-24(30)23-20(17-3-5-18(25)6-4-17)15-19-7-8-21(23)28(19)11-2-10-27(12-14-33)16-22(29)26-9-13-32;;/h3-6,19-21,23,32-33H,2,7-16H2,1H3,(H,26,29);;/q;-2;/p-3/t19?,20?,21?,23-;;/m0../s1. The fourth-order valence-electron chi connectivity index (χ4n) is 5.46. The van der Waals surface area contributed by atoms with Gasteiger partial charge in [0.15, 0.2) is 0 Å². The third-order valence-corrected chi connectivity index (χ3v) is 7.24. The average Bonchev–Trinajstić information content (AvgIpc) is 3.08. The molecular formula is C24H33FN3O4ReS2-5. The summed E-state index contributed by atoms with van der Waals surface area (Å²) >= 11 is 9.99. The predicted molar refractivity (Wildman–Crippen MR) is 131 cm³/mol. The summed E-state index contributed by atoms with van der Waals surface area (Å²) in [5.74, 6) is 0.176. The van der Waals surface area contributed by atoms with E-state index < -0.39 is 0 Å². The Hall–Kier alpha value is -0.668. The molecule has 1 aromatic rings. The van der Waals surface area contributed by atoms with Crippen molar-refractivity contribution in [3.05, 3.63) is 35.6 Å². The fraction of sp³-hybridized carbons (Fsp3) is 0.667. The molecule has 0 aliphatic carbocycles. The molecule has 0 N–H and O–H groups in total. The van der Waals surface area contributed by atoms with Gasteiger partial charge in [-0.05, 0) is 68.9 Å². The molecule has 2 aliphatic heterocycles. The molecular weight excluding hydrogens is 664 g/mol. The van der Waals surface area contributed by atoms with Crippen LogP contribution in [0.1, 0.15) is 37.2 Å². The Labute approximate surface area is 232 Å². The fourth-order valence-corrected chi connectivity index (χ4v) is 5.81. The summed E-state index contributed by atoms with van der Waals surface area (Å²) in [6.45, 7) is 2.94. The van der Waals surface area contributed by atoms with Crippen LogP contribution in [0.5, 0.6) is 0 Å². The zero-order chi connectivity index (χ0) is 23.8. The van der Waals surface area contributed by atoms with Gasteiger partial charge in [-0.25, -0.2) is 4.39 Å². The molecule has 4 atom stereocenters. The van der Waals surface area contributed by atoms with E-state index in [0.29, 0.717) is 30.6 Å². The second-order valence-electron chi connectivity index (χ2n) is 8.79. The number of methoxy groups -OCH3 is 1. The number of benzene rings is 1. The number of hydrogen-bond acceptors (Lipinski definition) is 8. The van der Waals surface area contributed by atoms with Gasteiger partial charge in [-0.2, -0.15) is 11.5 Å². The molecule has 2 heterocycles. The van der Waals surface area contributed by atoms with Gasteiger partial charge in [0.25, 0.3) is 0 Å². The minimum atomic E-state index is -0.271. The van der Waals surface area contributed by atoms with Gasteiger partial charge in [-0.1, -0.05) is 12.1 Å². The van der Waals surface area contributed by atoms with Crippen molar-refractivity contribution in [1.29, 1.82) is 0 Å². The van der Waals surface area contributed by atoms with E-state index in [4.69, 9.17) is 30.0 Å². The second kappa shape index (κ2) is 16.2.